The van der Waals surface area contributed by atoms with Gasteiger partial charge in [-0.1, -0.05) is 0 Å². The molecule has 1 aromatic rings. The Hall–Kier alpha value is -2.07. The van der Waals surface area contributed by atoms with Crippen molar-refractivity contribution >= 4 is 11.6 Å². The Bertz CT molecular complexity index is 575. The summed E-state index contributed by atoms with van der Waals surface area (Å²) in [5.74, 6) is -0.446. The van der Waals surface area contributed by atoms with Crippen molar-refractivity contribution in [2.24, 2.45) is 0 Å². The first-order valence-corrected chi connectivity index (χ1v) is 6.05. The molecule has 114 valence electrons. The zero-order valence-corrected chi connectivity index (χ0v) is 11.8. The van der Waals surface area contributed by atoms with Gasteiger partial charge in [0.25, 0.3) is 0 Å². The van der Waals surface area contributed by atoms with Crippen LogP contribution in [0.3, 0.4) is 0 Å². The van der Waals surface area contributed by atoms with E-state index in [1.807, 2.05) is 0 Å². The molecule has 0 bridgehead atoms. The third kappa shape index (κ3) is 4.76. The maximum absolute atomic E-state index is 12.6. The molecule has 1 N–H and O–H groups in total. The zero-order valence-electron chi connectivity index (χ0n) is 11.8. The lowest BCUT2D eigenvalue weighted by Gasteiger charge is -2.22. The van der Waals surface area contributed by atoms with E-state index in [1.54, 1.807) is 19.9 Å². The number of nitrogens with zero attached hydrogens (tertiary/aromatic N) is 1. The summed E-state index contributed by atoms with van der Waals surface area (Å²) in [6.07, 6.45) is -4.53. The lowest BCUT2D eigenvalue weighted by atomic mass is 10.0. The number of methoxy groups -OCH3 is 1. The van der Waals surface area contributed by atoms with Crippen LogP contribution >= 0.6 is 0 Å². The van der Waals surface area contributed by atoms with Gasteiger partial charge in [-0.25, -0.2) is 0 Å². The molecule has 0 unspecified atom stereocenters. The van der Waals surface area contributed by atoms with Crippen LogP contribution in [-0.2, 0) is 15.7 Å². The Morgan fingerprint density at radius 2 is 2.00 bits per heavy atom. The van der Waals surface area contributed by atoms with E-state index in [-0.39, 0.29) is 17.7 Å². The summed E-state index contributed by atoms with van der Waals surface area (Å²) in [6, 6.07) is 4.24. The van der Waals surface area contributed by atoms with Gasteiger partial charge < -0.3 is 10.1 Å². The fourth-order valence-corrected chi connectivity index (χ4v) is 1.58. The first-order valence-electron chi connectivity index (χ1n) is 6.05. The van der Waals surface area contributed by atoms with E-state index >= 15 is 0 Å². The Morgan fingerprint density at radius 1 is 1.38 bits per heavy atom. The number of rotatable bonds is 4. The summed E-state index contributed by atoms with van der Waals surface area (Å²) in [6.45, 7) is 3.40. The second-order valence-electron chi connectivity index (χ2n) is 5.06. The molecule has 0 aliphatic carbocycles. The largest absolute Gasteiger partial charge is 0.416 e. The number of benzene rings is 1. The minimum absolute atomic E-state index is 0.00932. The molecule has 0 saturated carbocycles. The predicted molar refractivity (Wildman–Crippen MR) is 70.5 cm³/mol. The minimum Gasteiger partial charge on any atom is -0.378 e. The van der Waals surface area contributed by atoms with E-state index in [2.05, 4.69) is 5.32 Å². The van der Waals surface area contributed by atoms with Crippen molar-refractivity contribution in [1.82, 2.24) is 0 Å². The van der Waals surface area contributed by atoms with E-state index in [1.165, 1.54) is 7.11 Å². The monoisotopic (exact) mass is 300 g/mol. The number of halogens is 3. The van der Waals surface area contributed by atoms with E-state index < -0.39 is 23.2 Å². The molecule has 0 spiro atoms. The van der Waals surface area contributed by atoms with Crippen LogP contribution < -0.4 is 5.32 Å². The molecule has 1 amide bonds. The van der Waals surface area contributed by atoms with Gasteiger partial charge in [0.2, 0.25) is 5.91 Å². The molecule has 21 heavy (non-hydrogen) atoms. The van der Waals surface area contributed by atoms with Crippen molar-refractivity contribution in [2.75, 3.05) is 12.4 Å². The highest BCUT2D eigenvalue weighted by molar-refractivity contribution is 5.92. The molecule has 4 nitrogen and oxygen atoms in total. The zero-order chi connectivity index (χ0) is 16.3. The summed E-state index contributed by atoms with van der Waals surface area (Å²) in [5.41, 5.74) is -1.84. The first kappa shape index (κ1) is 17.0. The van der Waals surface area contributed by atoms with Crippen LogP contribution in [0.4, 0.5) is 18.9 Å². The maximum atomic E-state index is 12.6. The summed E-state index contributed by atoms with van der Waals surface area (Å²) >= 11 is 0. The van der Waals surface area contributed by atoms with E-state index in [0.717, 1.165) is 12.1 Å². The normalized spacial score (nSPS) is 11.9. The van der Waals surface area contributed by atoms with Gasteiger partial charge in [0, 0.05) is 7.11 Å². The number of carbonyl (C=O) groups excluding carboxylic acids is 1. The van der Waals surface area contributed by atoms with Gasteiger partial charge in [0.05, 0.1) is 28.8 Å². The first-order chi connectivity index (χ1) is 9.59. The maximum Gasteiger partial charge on any atom is 0.416 e. The number of amides is 1. The molecule has 0 atom stereocenters. The number of nitriles is 1. The summed E-state index contributed by atoms with van der Waals surface area (Å²) < 4.78 is 42.8. The average molecular weight is 300 g/mol. The third-order valence-corrected chi connectivity index (χ3v) is 2.88. The highest BCUT2D eigenvalue weighted by atomic mass is 19.4. The fourth-order valence-electron chi connectivity index (χ4n) is 1.58. The van der Waals surface area contributed by atoms with Gasteiger partial charge in [-0.2, -0.15) is 18.4 Å². The Balaban J connectivity index is 2.95. The molecule has 1 aromatic carbocycles. The SMILES string of the molecule is COC(C)(C)CC(=O)Nc1ccc(C(F)(F)F)cc1C#N. The quantitative estimate of drug-likeness (QED) is 0.927. The number of anilines is 1. The van der Waals surface area contributed by atoms with Crippen molar-refractivity contribution in [1.29, 1.82) is 5.26 Å². The van der Waals surface area contributed by atoms with E-state index in [9.17, 15) is 18.0 Å². The molecule has 0 fully saturated rings. The smallest absolute Gasteiger partial charge is 0.378 e. The number of ether oxygens (including phenoxy) is 1. The van der Waals surface area contributed by atoms with Crippen LogP contribution in [0.25, 0.3) is 0 Å². The average Bonchev–Trinajstić information content (AvgIpc) is 2.37. The Kier molecular flexibility index (Phi) is 4.97. The molecule has 7 heteroatoms. The van der Waals surface area contributed by atoms with Gasteiger partial charge in [0.15, 0.2) is 0 Å². The molecule has 1 rings (SSSR count). The number of alkyl halides is 3. The lowest BCUT2D eigenvalue weighted by molar-refractivity contribution is -0.137. The van der Waals surface area contributed by atoms with Crippen molar-refractivity contribution < 1.29 is 22.7 Å². The minimum atomic E-state index is -4.54. The molecular weight excluding hydrogens is 285 g/mol. The van der Waals surface area contributed by atoms with Gasteiger partial charge in [-0.15, -0.1) is 0 Å². The van der Waals surface area contributed by atoms with Gasteiger partial charge in [-0.3, -0.25) is 4.79 Å². The van der Waals surface area contributed by atoms with E-state index in [0.29, 0.717) is 6.07 Å². The molecule has 0 aliphatic rings. The second-order valence-corrected chi connectivity index (χ2v) is 5.06. The van der Waals surface area contributed by atoms with Crippen molar-refractivity contribution in [2.45, 2.75) is 32.0 Å². The van der Waals surface area contributed by atoms with Crippen molar-refractivity contribution in [3.8, 4) is 6.07 Å². The molecule has 0 heterocycles. The fraction of sp³-hybridized carbons (Fsp3) is 0.429. The second kappa shape index (κ2) is 6.14. The van der Waals surface area contributed by atoms with Crippen LogP contribution in [0.15, 0.2) is 18.2 Å². The highest BCUT2D eigenvalue weighted by Crippen LogP contribution is 2.31. The predicted octanol–water partition coefficient (Wildman–Crippen LogP) is 3.33. The third-order valence-electron chi connectivity index (χ3n) is 2.88. The van der Waals surface area contributed by atoms with Crippen LogP contribution in [-0.4, -0.2) is 18.6 Å². The lowest BCUT2D eigenvalue weighted by Crippen LogP contribution is -2.29. The molecular formula is C14H15F3N2O2. The van der Waals surface area contributed by atoms with Crippen LogP contribution in [0.1, 0.15) is 31.4 Å². The Morgan fingerprint density at radius 3 is 2.48 bits per heavy atom. The van der Waals surface area contributed by atoms with Crippen molar-refractivity contribution in [3.05, 3.63) is 29.3 Å². The Labute approximate surface area is 120 Å². The molecule has 0 saturated heterocycles. The number of carbonyl (C=O) groups is 1. The van der Waals surface area contributed by atoms with Crippen molar-refractivity contribution in [3.63, 3.8) is 0 Å². The topological polar surface area (TPSA) is 62.1 Å². The van der Waals surface area contributed by atoms with Gasteiger partial charge >= 0.3 is 6.18 Å². The summed E-state index contributed by atoms with van der Waals surface area (Å²) in [4.78, 5) is 11.8. The van der Waals surface area contributed by atoms with Crippen LogP contribution in [0, 0.1) is 11.3 Å². The highest BCUT2D eigenvalue weighted by Gasteiger charge is 2.31. The number of hydrogen-bond donors (Lipinski definition) is 1. The number of hydrogen-bond acceptors (Lipinski definition) is 3. The van der Waals surface area contributed by atoms with Gasteiger partial charge in [-0.05, 0) is 32.0 Å². The number of nitrogens with one attached hydrogen (secondary N) is 1. The summed E-state index contributed by atoms with van der Waals surface area (Å²) in [7, 11) is 1.45. The van der Waals surface area contributed by atoms with Gasteiger partial charge in [0.1, 0.15) is 6.07 Å². The summed E-state index contributed by atoms with van der Waals surface area (Å²) in [5, 5.41) is 11.3. The van der Waals surface area contributed by atoms with Crippen LogP contribution in [0.2, 0.25) is 0 Å². The molecule has 0 aromatic heterocycles. The van der Waals surface area contributed by atoms with Crippen LogP contribution in [0.5, 0.6) is 0 Å². The standard InChI is InChI=1S/C14H15F3N2O2/c1-13(2,21-3)7-12(20)19-11-5-4-10(14(15,16)17)6-9(11)8-18/h4-6H,7H2,1-3H3,(H,19,20). The molecule has 0 radical (unpaired) electrons. The van der Waals surface area contributed by atoms with E-state index in [4.69, 9.17) is 10.00 Å². The molecule has 0 aliphatic heterocycles.